The van der Waals surface area contributed by atoms with E-state index in [1.807, 2.05) is 6.92 Å². The number of likely N-dealkylation sites (tertiary alicyclic amines) is 1. The summed E-state index contributed by atoms with van der Waals surface area (Å²) in [5.41, 5.74) is 0.00657. The molecule has 4 aliphatic heterocycles. The fourth-order valence-corrected chi connectivity index (χ4v) is 7.03. The van der Waals surface area contributed by atoms with E-state index in [-0.39, 0.29) is 53.7 Å². The second-order valence-electron chi connectivity index (χ2n) is 9.52. The quantitative estimate of drug-likeness (QED) is 0.331. The van der Waals surface area contributed by atoms with E-state index in [0.29, 0.717) is 30.8 Å². The van der Waals surface area contributed by atoms with Crippen molar-refractivity contribution in [1.29, 1.82) is 0 Å². The van der Waals surface area contributed by atoms with E-state index in [1.165, 1.54) is 16.7 Å². The normalized spacial score (nSPS) is 33.7. The number of nitrogens with zero attached hydrogens (tertiary/aromatic N) is 2. The number of halogens is 1. The maximum absolute atomic E-state index is 13.5. The molecule has 0 aliphatic carbocycles. The molecule has 1 unspecified atom stereocenters. The Labute approximate surface area is 202 Å². The van der Waals surface area contributed by atoms with Crippen molar-refractivity contribution in [3.05, 3.63) is 10.6 Å². The van der Waals surface area contributed by atoms with Crippen LogP contribution in [0.3, 0.4) is 0 Å². The highest BCUT2D eigenvalue weighted by molar-refractivity contribution is 8.03. The zero-order valence-electron chi connectivity index (χ0n) is 19.5. The summed E-state index contributed by atoms with van der Waals surface area (Å²) in [5, 5.41) is 18.7. The van der Waals surface area contributed by atoms with E-state index in [2.05, 4.69) is 16.0 Å². The van der Waals surface area contributed by atoms with Crippen LogP contribution >= 0.6 is 11.8 Å². The van der Waals surface area contributed by atoms with Crippen molar-refractivity contribution >= 4 is 35.5 Å². The molecule has 12 heteroatoms. The lowest BCUT2D eigenvalue weighted by Crippen LogP contribution is -2.66. The number of carbonyl (C=O) groups is 4. The van der Waals surface area contributed by atoms with Crippen molar-refractivity contribution in [3.8, 4) is 0 Å². The van der Waals surface area contributed by atoms with Crippen molar-refractivity contribution in [2.24, 2.45) is 11.8 Å². The lowest BCUT2D eigenvalue weighted by atomic mass is 9.78. The molecule has 4 aliphatic rings. The highest BCUT2D eigenvalue weighted by atomic mass is 32.2. The third-order valence-electron chi connectivity index (χ3n) is 7.18. The molecule has 0 aromatic rings. The van der Waals surface area contributed by atoms with Crippen molar-refractivity contribution in [2.45, 2.75) is 56.2 Å². The van der Waals surface area contributed by atoms with Gasteiger partial charge in [0.2, 0.25) is 17.7 Å². The van der Waals surface area contributed by atoms with Gasteiger partial charge in [-0.25, -0.2) is 9.18 Å². The Morgan fingerprint density at radius 3 is 2.71 bits per heavy atom. The lowest BCUT2D eigenvalue weighted by Gasteiger charge is -2.47. The number of hydrogen-bond acceptors (Lipinski definition) is 7. The molecular formula is C22H32FN5O5S. The number of hydrogen-bond donors (Lipinski definition) is 4. The van der Waals surface area contributed by atoms with Crippen LogP contribution < -0.4 is 16.0 Å². The number of β-lactam (4-membered cyclic amide) rings is 1. The average molecular weight is 498 g/mol. The standard InChI is InChI=1S/C22H32FN5O5S/c1-10-17-16(11(2)26-15(29)8-24-3)21(31)28(17)18(22(32)33)19(10)34-13-6-14(25-7-13)20(30)27-5-4-12(23)9-27/h10-14,16-17,24-25H,4-9H2,1-3H3,(H,26,29)(H,32,33)/t10-,11?,12-,13+,14+,16-,17-/m1/s1. The van der Waals surface area contributed by atoms with E-state index in [9.17, 15) is 28.7 Å². The third kappa shape index (κ3) is 4.42. The number of carbonyl (C=O) groups excluding carboxylic acids is 3. The van der Waals surface area contributed by atoms with Crippen LogP contribution in [0.5, 0.6) is 0 Å². The van der Waals surface area contributed by atoms with Crippen molar-refractivity contribution in [3.63, 3.8) is 0 Å². The van der Waals surface area contributed by atoms with Crippen LogP contribution in [0.4, 0.5) is 4.39 Å². The number of aliphatic carboxylic acids is 1. The largest absolute Gasteiger partial charge is 0.477 e. The molecule has 0 aromatic heterocycles. The van der Waals surface area contributed by atoms with Gasteiger partial charge in [-0.15, -0.1) is 11.8 Å². The van der Waals surface area contributed by atoms with Gasteiger partial charge in [0.25, 0.3) is 0 Å². The van der Waals surface area contributed by atoms with Gasteiger partial charge >= 0.3 is 5.97 Å². The first-order chi connectivity index (χ1) is 16.1. The van der Waals surface area contributed by atoms with Crippen molar-refractivity contribution in [1.82, 2.24) is 25.8 Å². The number of nitrogens with one attached hydrogen (secondary N) is 3. The topological polar surface area (TPSA) is 131 Å². The van der Waals surface area contributed by atoms with Gasteiger partial charge in [-0.05, 0) is 26.8 Å². The van der Waals surface area contributed by atoms with Crippen LogP contribution in [0.1, 0.15) is 26.7 Å². The Bertz CT molecular complexity index is 916. The molecule has 4 rings (SSSR count). The third-order valence-corrected chi connectivity index (χ3v) is 8.69. The van der Waals surface area contributed by atoms with Gasteiger partial charge in [0.05, 0.1) is 31.1 Å². The predicted octanol–water partition coefficient (Wildman–Crippen LogP) is -0.482. The summed E-state index contributed by atoms with van der Waals surface area (Å²) in [6.07, 6.45) is -0.0967. The molecular weight excluding hydrogens is 465 g/mol. The number of carboxylic acids is 1. The van der Waals surface area contributed by atoms with Gasteiger partial charge in [0.1, 0.15) is 11.9 Å². The van der Waals surface area contributed by atoms with E-state index in [1.54, 1.807) is 18.9 Å². The Morgan fingerprint density at radius 2 is 2.09 bits per heavy atom. The minimum Gasteiger partial charge on any atom is -0.477 e. The van der Waals surface area contributed by atoms with E-state index >= 15 is 0 Å². The molecule has 4 heterocycles. The number of amides is 3. The van der Waals surface area contributed by atoms with Crippen molar-refractivity contribution < 1.29 is 28.7 Å². The Morgan fingerprint density at radius 1 is 1.35 bits per heavy atom. The highest BCUT2D eigenvalue weighted by Crippen LogP contribution is 2.51. The van der Waals surface area contributed by atoms with Crippen LogP contribution in [-0.2, 0) is 19.2 Å². The number of thioether (sulfide) groups is 1. The Balaban J connectivity index is 1.43. The SMILES string of the molecule is CNCC(=O)NC(C)[C@H]1C(=O)N2C(C(=O)O)=C(S[C@@H]3CN[C@H](C(=O)N4CC[C@@H](F)C4)C3)[C@H](C)[C@H]12. The van der Waals surface area contributed by atoms with E-state index in [0.717, 1.165) is 0 Å². The first-order valence-corrected chi connectivity index (χ1v) is 12.6. The summed E-state index contributed by atoms with van der Waals surface area (Å²) in [6.45, 7) is 4.88. The Hall–Kier alpha value is -2.18. The zero-order valence-corrected chi connectivity index (χ0v) is 20.4. The molecule has 10 nitrogen and oxygen atoms in total. The van der Waals surface area contributed by atoms with Crippen LogP contribution in [-0.4, -0.2) is 101 Å². The number of carboxylic acid groups (broad SMARTS) is 1. The second kappa shape index (κ2) is 9.82. The number of fused-ring (bicyclic) bond motifs is 1. The molecule has 4 N–H and O–H groups in total. The van der Waals surface area contributed by atoms with Gasteiger partial charge in [-0.1, -0.05) is 6.92 Å². The summed E-state index contributed by atoms with van der Waals surface area (Å²) in [5.74, 6) is -2.49. The second-order valence-corrected chi connectivity index (χ2v) is 10.9. The van der Waals surface area contributed by atoms with Gasteiger partial charge < -0.3 is 30.9 Å². The van der Waals surface area contributed by atoms with E-state index in [4.69, 9.17) is 0 Å². The zero-order chi connectivity index (χ0) is 24.7. The predicted molar refractivity (Wildman–Crippen MR) is 123 cm³/mol. The summed E-state index contributed by atoms with van der Waals surface area (Å²) in [7, 11) is 1.66. The van der Waals surface area contributed by atoms with Gasteiger partial charge in [0.15, 0.2) is 0 Å². The minimum atomic E-state index is -1.15. The molecule has 7 atom stereocenters. The summed E-state index contributed by atoms with van der Waals surface area (Å²) < 4.78 is 13.5. The summed E-state index contributed by atoms with van der Waals surface area (Å²) in [6, 6.07) is -1.17. The van der Waals surface area contributed by atoms with Crippen molar-refractivity contribution in [2.75, 3.05) is 33.2 Å². The fraction of sp³-hybridized carbons (Fsp3) is 0.727. The molecule has 0 aromatic carbocycles. The van der Waals surface area contributed by atoms with Gasteiger partial charge in [-0.2, -0.15) is 0 Å². The summed E-state index contributed by atoms with van der Waals surface area (Å²) >= 11 is 1.41. The van der Waals surface area contributed by atoms with Crippen LogP contribution in [0, 0.1) is 11.8 Å². The average Bonchev–Trinajstić information content (AvgIpc) is 3.46. The first kappa shape index (κ1) is 24.9. The van der Waals surface area contributed by atoms with Crippen LogP contribution in [0.2, 0.25) is 0 Å². The molecule has 3 fully saturated rings. The molecule has 188 valence electrons. The number of alkyl halides is 1. The first-order valence-electron chi connectivity index (χ1n) is 11.7. The Kier molecular flexibility index (Phi) is 7.20. The smallest absolute Gasteiger partial charge is 0.353 e. The highest BCUT2D eigenvalue weighted by Gasteiger charge is 2.60. The molecule has 3 amide bonds. The molecule has 0 bridgehead atoms. The molecule has 34 heavy (non-hydrogen) atoms. The summed E-state index contributed by atoms with van der Waals surface area (Å²) in [4.78, 5) is 53.3. The maximum Gasteiger partial charge on any atom is 0.353 e. The van der Waals surface area contributed by atoms with Crippen LogP contribution in [0.15, 0.2) is 10.6 Å². The molecule has 0 radical (unpaired) electrons. The fourth-order valence-electron chi connectivity index (χ4n) is 5.55. The number of rotatable bonds is 8. The number of likely N-dealkylation sites (N-methyl/N-ethyl adjacent to an activating group) is 1. The maximum atomic E-state index is 13.5. The monoisotopic (exact) mass is 497 g/mol. The van der Waals surface area contributed by atoms with Gasteiger partial charge in [0, 0.05) is 35.2 Å². The lowest BCUT2D eigenvalue weighted by molar-refractivity contribution is -0.158. The van der Waals surface area contributed by atoms with E-state index < -0.39 is 30.1 Å². The minimum absolute atomic E-state index is 0.00657. The molecule has 3 saturated heterocycles. The van der Waals surface area contributed by atoms with Gasteiger partial charge in [-0.3, -0.25) is 14.4 Å². The van der Waals surface area contributed by atoms with Crippen LogP contribution in [0.25, 0.3) is 0 Å². The molecule has 0 saturated carbocycles. The molecule has 0 spiro atoms.